The second kappa shape index (κ2) is 8.99. The molecule has 1 N–H and O–H groups in total. The number of rotatable bonds is 7. The minimum absolute atomic E-state index is 0.127. The van der Waals surface area contributed by atoms with Gasteiger partial charge in [-0.2, -0.15) is 13.5 Å². The maximum Gasteiger partial charge on any atom is 0.276 e. The molecule has 28 heavy (non-hydrogen) atoms. The van der Waals surface area contributed by atoms with Gasteiger partial charge in [-0.25, -0.2) is 9.22 Å². The van der Waals surface area contributed by atoms with E-state index in [1.54, 1.807) is 48.5 Å². The first-order valence-electron chi connectivity index (χ1n) is 8.21. The summed E-state index contributed by atoms with van der Waals surface area (Å²) in [6.45, 7) is 0.277. The number of halogens is 2. The zero-order valence-electron chi connectivity index (χ0n) is 14.5. The van der Waals surface area contributed by atoms with Crippen molar-refractivity contribution in [1.29, 1.82) is 0 Å². The lowest BCUT2D eigenvalue weighted by molar-refractivity contribution is 0.306. The zero-order chi connectivity index (χ0) is 20.0. The first kappa shape index (κ1) is 20.0. The molecule has 0 amide bonds. The minimum atomic E-state index is -3.73. The van der Waals surface area contributed by atoms with Gasteiger partial charge in [-0.3, -0.25) is 0 Å². The Bertz CT molecular complexity index is 1070. The van der Waals surface area contributed by atoms with Crippen LogP contribution in [0.2, 0.25) is 0 Å². The molecule has 0 heterocycles. The standard InChI is InChI=1S/C20H16BrFN2O3S/c21-20-11-10-18(27-14-15-6-8-17(22)9-7-15)12-16(20)13-23-24-28(25,26)19-4-2-1-3-5-19/h1-13,24H,14H2/b23-13-. The largest absolute Gasteiger partial charge is 0.489 e. The third-order valence-corrected chi connectivity index (χ3v) is 5.68. The summed E-state index contributed by atoms with van der Waals surface area (Å²) in [6, 6.07) is 19.3. The molecule has 3 aromatic rings. The molecule has 0 saturated heterocycles. The smallest absolute Gasteiger partial charge is 0.276 e. The van der Waals surface area contributed by atoms with Crippen LogP contribution in [0.4, 0.5) is 4.39 Å². The van der Waals surface area contributed by atoms with Crippen LogP contribution in [0.15, 0.2) is 87.3 Å². The molecule has 8 heteroatoms. The Morgan fingerprint density at radius 3 is 2.46 bits per heavy atom. The maximum absolute atomic E-state index is 12.9. The highest BCUT2D eigenvalue weighted by Gasteiger charge is 2.11. The summed E-state index contributed by atoms with van der Waals surface area (Å²) >= 11 is 3.39. The molecule has 0 aromatic heterocycles. The van der Waals surface area contributed by atoms with Crippen LogP contribution in [0.1, 0.15) is 11.1 Å². The van der Waals surface area contributed by atoms with E-state index in [0.29, 0.717) is 11.3 Å². The number of hydrogen-bond acceptors (Lipinski definition) is 4. The van der Waals surface area contributed by atoms with Crippen molar-refractivity contribution >= 4 is 32.2 Å². The van der Waals surface area contributed by atoms with E-state index in [4.69, 9.17) is 4.74 Å². The van der Waals surface area contributed by atoms with Crippen molar-refractivity contribution < 1.29 is 17.5 Å². The van der Waals surface area contributed by atoms with Crippen molar-refractivity contribution in [3.8, 4) is 5.75 Å². The van der Waals surface area contributed by atoms with Crippen LogP contribution in [0.3, 0.4) is 0 Å². The van der Waals surface area contributed by atoms with Gasteiger partial charge in [0, 0.05) is 10.0 Å². The molecular weight excluding hydrogens is 447 g/mol. The van der Waals surface area contributed by atoms with Gasteiger partial charge in [0.15, 0.2) is 0 Å². The lowest BCUT2D eigenvalue weighted by Gasteiger charge is -2.08. The van der Waals surface area contributed by atoms with E-state index in [0.717, 1.165) is 10.0 Å². The topological polar surface area (TPSA) is 67.8 Å². The Labute approximate surface area is 171 Å². The normalized spacial score (nSPS) is 11.5. The van der Waals surface area contributed by atoms with Crippen molar-refractivity contribution in [2.75, 3.05) is 0 Å². The zero-order valence-corrected chi connectivity index (χ0v) is 17.0. The van der Waals surface area contributed by atoms with Gasteiger partial charge < -0.3 is 4.74 Å². The number of nitrogens with one attached hydrogen (secondary N) is 1. The number of benzene rings is 3. The quantitative estimate of drug-likeness (QED) is 0.415. The van der Waals surface area contributed by atoms with Gasteiger partial charge in [-0.1, -0.05) is 46.3 Å². The number of ether oxygens (including phenoxy) is 1. The van der Waals surface area contributed by atoms with Gasteiger partial charge in [-0.05, 0) is 48.0 Å². The number of hydrogen-bond donors (Lipinski definition) is 1. The first-order chi connectivity index (χ1) is 13.4. The van der Waals surface area contributed by atoms with E-state index in [-0.39, 0.29) is 17.3 Å². The van der Waals surface area contributed by atoms with E-state index < -0.39 is 10.0 Å². The molecular formula is C20H16BrFN2O3S. The van der Waals surface area contributed by atoms with Crippen molar-refractivity contribution in [3.63, 3.8) is 0 Å². The van der Waals surface area contributed by atoms with E-state index in [2.05, 4.69) is 25.9 Å². The lowest BCUT2D eigenvalue weighted by atomic mass is 10.2. The second-order valence-electron chi connectivity index (χ2n) is 5.76. The Kier molecular flexibility index (Phi) is 6.43. The Hall–Kier alpha value is -2.71. The van der Waals surface area contributed by atoms with E-state index in [1.807, 2.05) is 0 Å². The van der Waals surface area contributed by atoms with Crippen LogP contribution < -0.4 is 9.57 Å². The summed E-state index contributed by atoms with van der Waals surface area (Å²) in [7, 11) is -3.73. The van der Waals surface area contributed by atoms with E-state index in [9.17, 15) is 12.8 Å². The summed E-state index contributed by atoms with van der Waals surface area (Å²) in [5.74, 6) is 0.267. The molecule has 0 fully saturated rings. The predicted octanol–water partition coefficient (Wildman–Crippen LogP) is 4.48. The Balaban J connectivity index is 1.67. The molecule has 0 atom stereocenters. The molecule has 0 aliphatic heterocycles. The molecule has 0 bridgehead atoms. The fourth-order valence-corrected chi connectivity index (χ4v) is 3.44. The van der Waals surface area contributed by atoms with Crippen LogP contribution in [-0.2, 0) is 16.6 Å². The fourth-order valence-electron chi connectivity index (χ4n) is 2.28. The summed E-state index contributed by atoms with van der Waals surface area (Å²) in [5, 5.41) is 3.83. The monoisotopic (exact) mass is 462 g/mol. The molecule has 0 spiro atoms. The highest BCUT2D eigenvalue weighted by molar-refractivity contribution is 9.10. The average Bonchev–Trinajstić information content (AvgIpc) is 2.70. The molecule has 0 unspecified atom stereocenters. The highest BCUT2D eigenvalue weighted by atomic mass is 79.9. The molecule has 3 rings (SSSR count). The molecule has 0 aliphatic rings. The van der Waals surface area contributed by atoms with Crippen LogP contribution in [0.25, 0.3) is 0 Å². The van der Waals surface area contributed by atoms with Crippen LogP contribution >= 0.6 is 15.9 Å². The third-order valence-electron chi connectivity index (χ3n) is 3.72. The van der Waals surface area contributed by atoms with Gasteiger partial charge in [0.1, 0.15) is 18.2 Å². The van der Waals surface area contributed by atoms with E-state index >= 15 is 0 Å². The molecule has 0 radical (unpaired) electrons. The summed E-state index contributed by atoms with van der Waals surface area (Å²) in [6.07, 6.45) is 1.38. The minimum Gasteiger partial charge on any atom is -0.489 e. The average molecular weight is 463 g/mol. The second-order valence-corrected chi connectivity index (χ2v) is 8.28. The van der Waals surface area contributed by atoms with Gasteiger partial charge in [0.2, 0.25) is 0 Å². The summed E-state index contributed by atoms with van der Waals surface area (Å²) in [5.41, 5.74) is 1.46. The van der Waals surface area contributed by atoms with E-state index in [1.165, 1.54) is 30.5 Å². The Morgan fingerprint density at radius 2 is 1.75 bits per heavy atom. The number of nitrogens with zero attached hydrogens (tertiary/aromatic N) is 1. The molecule has 0 aliphatic carbocycles. The molecule has 5 nitrogen and oxygen atoms in total. The maximum atomic E-state index is 12.9. The van der Waals surface area contributed by atoms with Crippen molar-refractivity contribution in [2.24, 2.45) is 5.10 Å². The van der Waals surface area contributed by atoms with Crippen molar-refractivity contribution in [2.45, 2.75) is 11.5 Å². The summed E-state index contributed by atoms with van der Waals surface area (Å²) < 4.78 is 43.7. The van der Waals surface area contributed by atoms with Crippen LogP contribution in [0, 0.1) is 5.82 Å². The highest BCUT2D eigenvalue weighted by Crippen LogP contribution is 2.22. The molecule has 144 valence electrons. The van der Waals surface area contributed by atoms with Crippen molar-refractivity contribution in [1.82, 2.24) is 4.83 Å². The number of sulfonamides is 1. The summed E-state index contributed by atoms with van der Waals surface area (Å²) in [4.78, 5) is 2.31. The molecule has 3 aromatic carbocycles. The third kappa shape index (κ3) is 5.40. The SMILES string of the molecule is O=S(=O)(N/N=C\c1cc(OCc2ccc(F)cc2)ccc1Br)c1ccccc1. The van der Waals surface area contributed by atoms with Crippen LogP contribution in [-0.4, -0.2) is 14.6 Å². The van der Waals surface area contributed by atoms with Crippen LogP contribution in [0.5, 0.6) is 5.75 Å². The fraction of sp³-hybridized carbons (Fsp3) is 0.0500. The lowest BCUT2D eigenvalue weighted by Crippen LogP contribution is -2.18. The molecule has 0 saturated carbocycles. The Morgan fingerprint density at radius 1 is 1.04 bits per heavy atom. The number of hydrazone groups is 1. The van der Waals surface area contributed by atoms with Gasteiger partial charge in [0.25, 0.3) is 10.0 Å². The first-order valence-corrected chi connectivity index (χ1v) is 10.5. The van der Waals surface area contributed by atoms with Gasteiger partial charge in [-0.15, -0.1) is 0 Å². The predicted molar refractivity (Wildman–Crippen MR) is 109 cm³/mol. The van der Waals surface area contributed by atoms with Crippen molar-refractivity contribution in [3.05, 3.63) is 94.2 Å². The van der Waals surface area contributed by atoms with Gasteiger partial charge >= 0.3 is 0 Å². The van der Waals surface area contributed by atoms with Gasteiger partial charge in [0.05, 0.1) is 11.1 Å².